The highest BCUT2D eigenvalue weighted by Crippen LogP contribution is 2.43. The van der Waals surface area contributed by atoms with E-state index in [9.17, 15) is 0 Å². The first-order chi connectivity index (χ1) is 11.8. The Morgan fingerprint density at radius 2 is 2.21 bits per heavy atom. The van der Waals surface area contributed by atoms with Crippen LogP contribution in [0.4, 0.5) is 5.69 Å². The molecular weight excluding hydrogens is 296 g/mol. The van der Waals surface area contributed by atoms with Crippen molar-refractivity contribution in [3.8, 4) is 0 Å². The van der Waals surface area contributed by atoms with Crippen LogP contribution in [-0.2, 0) is 6.42 Å². The third-order valence-electron chi connectivity index (χ3n) is 5.76. The number of likely N-dealkylation sites (tertiary alicyclic amines) is 1. The number of nitrogens with one attached hydrogen (secondary N) is 2. The van der Waals surface area contributed by atoms with Gasteiger partial charge in [-0.05, 0) is 49.2 Å². The number of piperidine rings is 1. The number of benzene rings is 1. The second-order valence-electron chi connectivity index (χ2n) is 7.22. The Labute approximate surface area is 141 Å². The first-order valence-corrected chi connectivity index (χ1v) is 8.75. The van der Waals surface area contributed by atoms with Gasteiger partial charge in [-0.3, -0.25) is 4.98 Å². The minimum atomic E-state index is 0.455. The molecular formula is C20H22N4. The van der Waals surface area contributed by atoms with Crippen molar-refractivity contribution in [1.82, 2.24) is 14.9 Å². The zero-order valence-electron chi connectivity index (χ0n) is 13.9. The minimum absolute atomic E-state index is 0.455. The molecule has 0 bridgehead atoms. The number of pyridine rings is 1. The van der Waals surface area contributed by atoms with E-state index in [-0.39, 0.29) is 0 Å². The van der Waals surface area contributed by atoms with Gasteiger partial charge in [-0.25, -0.2) is 0 Å². The molecule has 0 saturated carbocycles. The largest absolute Gasteiger partial charge is 0.380 e. The van der Waals surface area contributed by atoms with E-state index in [2.05, 4.69) is 57.7 Å². The summed E-state index contributed by atoms with van der Waals surface area (Å²) in [6, 6.07) is 11.9. The summed E-state index contributed by atoms with van der Waals surface area (Å²) in [5.74, 6) is 0.588. The Morgan fingerprint density at radius 3 is 3.08 bits per heavy atom. The van der Waals surface area contributed by atoms with Gasteiger partial charge < -0.3 is 15.2 Å². The Hall–Kier alpha value is -2.33. The molecule has 0 amide bonds. The van der Waals surface area contributed by atoms with E-state index in [4.69, 9.17) is 0 Å². The summed E-state index contributed by atoms with van der Waals surface area (Å²) >= 11 is 0. The maximum Gasteiger partial charge on any atom is 0.0529 e. The van der Waals surface area contributed by atoms with Crippen molar-refractivity contribution >= 4 is 16.6 Å². The normalized spacial score (nSPS) is 26.3. The molecule has 0 radical (unpaired) electrons. The number of fused-ring (bicyclic) bond motifs is 2. The van der Waals surface area contributed by atoms with Crippen LogP contribution in [-0.4, -0.2) is 40.5 Å². The van der Waals surface area contributed by atoms with Gasteiger partial charge in [-0.15, -0.1) is 0 Å². The third kappa shape index (κ3) is 2.13. The van der Waals surface area contributed by atoms with Crippen molar-refractivity contribution < 1.29 is 0 Å². The van der Waals surface area contributed by atoms with Crippen molar-refractivity contribution in [3.63, 3.8) is 0 Å². The van der Waals surface area contributed by atoms with Crippen LogP contribution in [0.25, 0.3) is 10.9 Å². The number of aromatic nitrogens is 2. The number of rotatable bonds is 2. The highest BCUT2D eigenvalue weighted by Gasteiger charge is 2.39. The lowest BCUT2D eigenvalue weighted by molar-refractivity contribution is 0.147. The SMILES string of the molecule is CN1C[C@H](Nc2cccnc2)C[C@@H]2c3cccc4[nH]cc(c34)C[C@H]21. The summed E-state index contributed by atoms with van der Waals surface area (Å²) < 4.78 is 0. The molecule has 2 N–H and O–H groups in total. The number of H-pyrrole nitrogens is 1. The average Bonchev–Trinajstić information content (AvgIpc) is 3.02. The van der Waals surface area contributed by atoms with E-state index in [0.29, 0.717) is 18.0 Å². The summed E-state index contributed by atoms with van der Waals surface area (Å²) in [6.45, 7) is 1.08. The van der Waals surface area contributed by atoms with Crippen LogP contribution < -0.4 is 5.32 Å². The van der Waals surface area contributed by atoms with Crippen LogP contribution in [0, 0.1) is 0 Å². The number of aromatic amines is 1. The summed E-state index contributed by atoms with van der Waals surface area (Å²) in [6.07, 6.45) is 8.27. The molecule has 24 heavy (non-hydrogen) atoms. The van der Waals surface area contributed by atoms with Crippen molar-refractivity contribution in [3.05, 3.63) is 60.0 Å². The van der Waals surface area contributed by atoms with E-state index < -0.39 is 0 Å². The minimum Gasteiger partial charge on any atom is -0.380 e. The molecule has 1 aliphatic carbocycles. The first-order valence-electron chi connectivity index (χ1n) is 8.75. The Balaban J connectivity index is 1.49. The standard InChI is InChI=1S/C20H22N4/c1-24-12-15(23-14-4-3-7-21-11-14)9-17-16-5-2-6-18-20(16)13(10-22-18)8-19(17)24/h2-7,10-11,15,17,19,22-23H,8-9,12H2,1H3/t15-,17-,19-/m1/s1. The lowest BCUT2D eigenvalue weighted by Crippen LogP contribution is -2.51. The van der Waals surface area contributed by atoms with Gasteiger partial charge in [0.05, 0.1) is 5.69 Å². The van der Waals surface area contributed by atoms with E-state index in [1.54, 1.807) is 0 Å². The Bertz CT molecular complexity index is 870. The van der Waals surface area contributed by atoms with Crippen LogP contribution in [0.15, 0.2) is 48.9 Å². The van der Waals surface area contributed by atoms with Gasteiger partial charge in [-0.2, -0.15) is 0 Å². The molecule has 1 aliphatic heterocycles. The summed E-state index contributed by atoms with van der Waals surface area (Å²) in [7, 11) is 2.27. The van der Waals surface area contributed by atoms with Crippen molar-refractivity contribution in [1.29, 1.82) is 0 Å². The van der Waals surface area contributed by atoms with Gasteiger partial charge in [0.1, 0.15) is 0 Å². The van der Waals surface area contributed by atoms with Crippen molar-refractivity contribution in [2.45, 2.75) is 30.8 Å². The van der Waals surface area contributed by atoms with Crippen molar-refractivity contribution in [2.75, 3.05) is 18.9 Å². The zero-order valence-corrected chi connectivity index (χ0v) is 13.9. The molecule has 3 heterocycles. The number of hydrogen-bond acceptors (Lipinski definition) is 3. The molecule has 4 nitrogen and oxygen atoms in total. The fourth-order valence-electron chi connectivity index (χ4n) is 4.73. The maximum absolute atomic E-state index is 4.22. The van der Waals surface area contributed by atoms with Gasteiger partial charge in [0, 0.05) is 54.0 Å². The van der Waals surface area contributed by atoms with Crippen LogP contribution in [0.3, 0.4) is 0 Å². The van der Waals surface area contributed by atoms with Gasteiger partial charge in [-0.1, -0.05) is 12.1 Å². The second kappa shape index (κ2) is 5.35. The molecule has 1 saturated heterocycles. The number of hydrogen-bond donors (Lipinski definition) is 2. The lowest BCUT2D eigenvalue weighted by Gasteiger charge is -2.45. The highest BCUT2D eigenvalue weighted by atomic mass is 15.2. The molecule has 3 aromatic rings. The smallest absolute Gasteiger partial charge is 0.0529 e. The van der Waals surface area contributed by atoms with Gasteiger partial charge in [0.25, 0.3) is 0 Å². The average molecular weight is 318 g/mol. The molecule has 0 spiro atoms. The van der Waals surface area contributed by atoms with Crippen LogP contribution in [0.5, 0.6) is 0 Å². The number of nitrogens with zero attached hydrogens (tertiary/aromatic N) is 2. The predicted octanol–water partition coefficient (Wildman–Crippen LogP) is 3.39. The third-order valence-corrected chi connectivity index (χ3v) is 5.76. The maximum atomic E-state index is 4.22. The summed E-state index contributed by atoms with van der Waals surface area (Å²) in [4.78, 5) is 10.2. The van der Waals surface area contributed by atoms with E-state index in [1.165, 1.54) is 28.5 Å². The molecule has 1 fully saturated rings. The predicted molar refractivity (Wildman–Crippen MR) is 97.4 cm³/mol. The quantitative estimate of drug-likeness (QED) is 0.761. The molecule has 5 rings (SSSR count). The van der Waals surface area contributed by atoms with Crippen molar-refractivity contribution in [2.24, 2.45) is 0 Å². The highest BCUT2D eigenvalue weighted by molar-refractivity contribution is 5.88. The van der Waals surface area contributed by atoms with Crippen LogP contribution in [0.1, 0.15) is 23.5 Å². The molecule has 2 aromatic heterocycles. The summed E-state index contributed by atoms with van der Waals surface area (Å²) in [5.41, 5.74) is 5.40. The fourth-order valence-corrected chi connectivity index (χ4v) is 4.73. The number of anilines is 1. The number of likely N-dealkylation sites (N-methyl/N-ethyl adjacent to an activating group) is 1. The zero-order chi connectivity index (χ0) is 16.1. The molecule has 2 aliphatic rings. The lowest BCUT2D eigenvalue weighted by atomic mass is 9.74. The van der Waals surface area contributed by atoms with Crippen LogP contribution in [0.2, 0.25) is 0 Å². The fraction of sp³-hybridized carbons (Fsp3) is 0.350. The first kappa shape index (κ1) is 14.1. The summed E-state index contributed by atoms with van der Waals surface area (Å²) in [5, 5.41) is 5.15. The van der Waals surface area contributed by atoms with E-state index in [0.717, 1.165) is 18.7 Å². The van der Waals surface area contributed by atoms with Gasteiger partial charge in [0.15, 0.2) is 0 Å². The van der Waals surface area contributed by atoms with E-state index in [1.807, 2.05) is 18.5 Å². The second-order valence-corrected chi connectivity index (χ2v) is 7.22. The van der Waals surface area contributed by atoms with Gasteiger partial charge >= 0.3 is 0 Å². The van der Waals surface area contributed by atoms with Gasteiger partial charge in [0.2, 0.25) is 0 Å². The molecule has 0 unspecified atom stereocenters. The molecule has 3 atom stereocenters. The monoisotopic (exact) mass is 318 g/mol. The van der Waals surface area contributed by atoms with E-state index >= 15 is 0 Å². The van der Waals surface area contributed by atoms with Crippen LogP contribution >= 0.6 is 0 Å². The Kier molecular flexibility index (Phi) is 3.13. The topological polar surface area (TPSA) is 44.0 Å². The Morgan fingerprint density at radius 1 is 1.25 bits per heavy atom. The molecule has 4 heteroatoms. The molecule has 122 valence electrons. The molecule has 1 aromatic carbocycles.